The van der Waals surface area contributed by atoms with Gasteiger partial charge in [0.05, 0.1) is 6.21 Å². The highest BCUT2D eigenvalue weighted by Crippen LogP contribution is 2.13. The van der Waals surface area contributed by atoms with Crippen molar-refractivity contribution in [3.63, 3.8) is 0 Å². The normalized spacial score (nSPS) is 11.3. The molecule has 0 fully saturated rings. The maximum atomic E-state index is 4.46. The van der Waals surface area contributed by atoms with Crippen LogP contribution in [0.1, 0.15) is 23.9 Å². The van der Waals surface area contributed by atoms with Crippen molar-refractivity contribution >= 4 is 18.0 Å². The summed E-state index contributed by atoms with van der Waals surface area (Å²) in [4.78, 5) is 0. The summed E-state index contributed by atoms with van der Waals surface area (Å²) >= 11 is 1.55. The highest BCUT2D eigenvalue weighted by molar-refractivity contribution is 7.98. The Morgan fingerprint density at radius 1 is 1.39 bits per heavy atom. The van der Waals surface area contributed by atoms with E-state index in [1.165, 1.54) is 5.56 Å². The van der Waals surface area contributed by atoms with E-state index in [1.54, 1.807) is 16.4 Å². The van der Waals surface area contributed by atoms with Crippen LogP contribution in [0.3, 0.4) is 0 Å². The number of hydrogen-bond donors (Lipinski definition) is 0. The fourth-order valence-electron chi connectivity index (χ4n) is 1.63. The van der Waals surface area contributed by atoms with Gasteiger partial charge in [-0.15, -0.1) is 10.2 Å². The molecule has 0 aliphatic carbocycles. The van der Waals surface area contributed by atoms with Crippen LogP contribution in [-0.4, -0.2) is 27.3 Å². The van der Waals surface area contributed by atoms with Crippen molar-refractivity contribution in [2.24, 2.45) is 5.10 Å². The van der Waals surface area contributed by atoms with Gasteiger partial charge in [-0.05, 0) is 18.7 Å². The van der Waals surface area contributed by atoms with Crippen LogP contribution in [-0.2, 0) is 6.42 Å². The van der Waals surface area contributed by atoms with Crippen molar-refractivity contribution in [2.75, 3.05) is 6.26 Å². The predicted octanol–water partition coefficient (Wildman–Crippen LogP) is 2.75. The van der Waals surface area contributed by atoms with Gasteiger partial charge in [-0.3, -0.25) is 0 Å². The highest BCUT2D eigenvalue weighted by Gasteiger charge is 2.07. The summed E-state index contributed by atoms with van der Waals surface area (Å²) in [6, 6.07) is 8.23. The summed E-state index contributed by atoms with van der Waals surface area (Å²) < 4.78 is 1.80. The van der Waals surface area contributed by atoms with Crippen molar-refractivity contribution in [1.29, 1.82) is 0 Å². The van der Waals surface area contributed by atoms with E-state index in [2.05, 4.69) is 34.4 Å². The minimum absolute atomic E-state index is 0.816. The second-order valence-electron chi connectivity index (χ2n) is 3.93. The van der Waals surface area contributed by atoms with E-state index >= 15 is 0 Å². The molecular weight excluding hydrogens is 244 g/mol. The van der Waals surface area contributed by atoms with Gasteiger partial charge in [-0.25, -0.2) is 0 Å². The molecule has 0 unspecified atom stereocenters. The maximum Gasteiger partial charge on any atom is 0.211 e. The molecule has 1 heterocycles. The van der Waals surface area contributed by atoms with Gasteiger partial charge < -0.3 is 0 Å². The first-order valence-electron chi connectivity index (χ1n) is 5.84. The number of rotatable bonds is 4. The Hall–Kier alpha value is -1.62. The lowest BCUT2D eigenvalue weighted by Gasteiger charge is -2.00. The molecule has 18 heavy (non-hydrogen) atoms. The molecule has 0 atom stereocenters. The number of aryl methyl sites for hydroxylation is 2. The molecule has 0 N–H and O–H groups in total. The van der Waals surface area contributed by atoms with Crippen LogP contribution < -0.4 is 0 Å². The molecule has 0 saturated heterocycles. The molecular formula is C13H16N4S. The van der Waals surface area contributed by atoms with Crippen LogP contribution in [0.25, 0.3) is 0 Å². The molecule has 0 spiro atoms. The van der Waals surface area contributed by atoms with E-state index in [9.17, 15) is 0 Å². The number of thioether (sulfide) groups is 1. The zero-order chi connectivity index (χ0) is 13.0. The van der Waals surface area contributed by atoms with Gasteiger partial charge in [0.2, 0.25) is 5.16 Å². The summed E-state index contributed by atoms with van der Waals surface area (Å²) in [6.45, 7) is 4.12. The Morgan fingerprint density at radius 3 is 2.89 bits per heavy atom. The van der Waals surface area contributed by atoms with E-state index in [1.807, 2.05) is 31.5 Å². The van der Waals surface area contributed by atoms with Gasteiger partial charge in [0.25, 0.3) is 0 Å². The number of nitrogens with zero attached hydrogens (tertiary/aromatic N) is 4. The summed E-state index contributed by atoms with van der Waals surface area (Å²) in [7, 11) is 0. The van der Waals surface area contributed by atoms with E-state index in [0.717, 1.165) is 23.0 Å². The van der Waals surface area contributed by atoms with Crippen LogP contribution in [0.15, 0.2) is 34.5 Å². The van der Waals surface area contributed by atoms with Crippen LogP contribution >= 0.6 is 11.8 Å². The molecule has 94 valence electrons. The quantitative estimate of drug-likeness (QED) is 0.627. The average Bonchev–Trinajstić information content (AvgIpc) is 2.78. The van der Waals surface area contributed by atoms with Crippen LogP contribution in [0.5, 0.6) is 0 Å². The largest absolute Gasteiger partial charge is 0.211 e. The van der Waals surface area contributed by atoms with Crippen molar-refractivity contribution in [2.45, 2.75) is 25.4 Å². The molecule has 0 bridgehead atoms. The molecule has 0 amide bonds. The zero-order valence-electron chi connectivity index (χ0n) is 10.8. The maximum absolute atomic E-state index is 4.46. The molecule has 0 aliphatic heterocycles. The second kappa shape index (κ2) is 5.82. The molecule has 1 aromatic heterocycles. The Balaban J connectivity index is 2.30. The standard InChI is InChI=1S/C13H16N4S/c1-4-12-15-16-13(18-3)17(12)14-9-11-7-5-6-10(2)8-11/h5-9H,4H2,1-3H3/b14-9-. The first kappa shape index (κ1) is 12.8. The molecule has 5 heteroatoms. The van der Waals surface area contributed by atoms with Gasteiger partial charge in [0.1, 0.15) is 0 Å². The summed E-state index contributed by atoms with van der Waals surface area (Å²) in [5.74, 6) is 0.878. The monoisotopic (exact) mass is 260 g/mol. The van der Waals surface area contributed by atoms with Crippen LogP contribution in [0.4, 0.5) is 0 Å². The van der Waals surface area contributed by atoms with Gasteiger partial charge in [-0.2, -0.15) is 9.78 Å². The lowest BCUT2D eigenvalue weighted by Crippen LogP contribution is -1.98. The molecule has 1 aromatic carbocycles. The number of benzene rings is 1. The summed E-state index contributed by atoms with van der Waals surface area (Å²) in [5, 5.41) is 13.5. The smallest absolute Gasteiger partial charge is 0.192 e. The Labute approximate surface area is 111 Å². The third-order valence-corrected chi connectivity index (χ3v) is 3.16. The topological polar surface area (TPSA) is 43.1 Å². The fraction of sp³-hybridized carbons (Fsp3) is 0.308. The number of aromatic nitrogens is 3. The molecule has 4 nitrogen and oxygen atoms in total. The Bertz CT molecular complexity index is 538. The molecule has 2 rings (SSSR count). The molecule has 0 radical (unpaired) electrons. The minimum Gasteiger partial charge on any atom is -0.192 e. The Kier molecular flexibility index (Phi) is 4.15. The van der Waals surface area contributed by atoms with E-state index in [4.69, 9.17) is 0 Å². The predicted molar refractivity (Wildman–Crippen MR) is 75.4 cm³/mol. The number of hydrogen-bond acceptors (Lipinski definition) is 4. The average molecular weight is 260 g/mol. The van der Waals surface area contributed by atoms with Crippen LogP contribution in [0.2, 0.25) is 0 Å². The van der Waals surface area contributed by atoms with E-state index in [-0.39, 0.29) is 0 Å². The van der Waals surface area contributed by atoms with E-state index < -0.39 is 0 Å². The molecule has 2 aromatic rings. The first-order chi connectivity index (χ1) is 8.74. The third kappa shape index (κ3) is 2.79. The van der Waals surface area contributed by atoms with Crippen molar-refractivity contribution in [1.82, 2.24) is 14.9 Å². The van der Waals surface area contributed by atoms with Crippen molar-refractivity contribution in [3.8, 4) is 0 Å². The molecule has 0 saturated carbocycles. The third-order valence-electron chi connectivity index (χ3n) is 2.54. The molecule has 0 aliphatic rings. The van der Waals surface area contributed by atoms with Crippen molar-refractivity contribution < 1.29 is 0 Å². The zero-order valence-corrected chi connectivity index (χ0v) is 11.6. The Morgan fingerprint density at radius 2 is 2.22 bits per heavy atom. The van der Waals surface area contributed by atoms with Gasteiger partial charge in [0, 0.05) is 6.42 Å². The van der Waals surface area contributed by atoms with Crippen molar-refractivity contribution in [3.05, 3.63) is 41.2 Å². The lowest BCUT2D eigenvalue weighted by molar-refractivity contribution is 0.723. The van der Waals surface area contributed by atoms with Gasteiger partial charge in [-0.1, -0.05) is 48.5 Å². The van der Waals surface area contributed by atoms with Gasteiger partial charge in [0.15, 0.2) is 5.82 Å². The summed E-state index contributed by atoms with van der Waals surface area (Å²) in [6.07, 6.45) is 4.64. The van der Waals surface area contributed by atoms with E-state index in [0.29, 0.717) is 0 Å². The fourth-order valence-corrected chi connectivity index (χ4v) is 2.08. The highest BCUT2D eigenvalue weighted by atomic mass is 32.2. The van der Waals surface area contributed by atoms with Gasteiger partial charge >= 0.3 is 0 Å². The van der Waals surface area contributed by atoms with Crippen LogP contribution in [0, 0.1) is 6.92 Å². The summed E-state index contributed by atoms with van der Waals surface area (Å²) in [5.41, 5.74) is 2.31. The first-order valence-corrected chi connectivity index (χ1v) is 7.06. The second-order valence-corrected chi connectivity index (χ2v) is 4.70. The SMILES string of the molecule is CCc1nnc(SC)n1/N=C\c1cccc(C)c1. The minimum atomic E-state index is 0.816. The lowest BCUT2D eigenvalue weighted by atomic mass is 10.2.